The van der Waals surface area contributed by atoms with Gasteiger partial charge in [0.1, 0.15) is 5.75 Å². The van der Waals surface area contributed by atoms with Crippen LogP contribution in [0.25, 0.3) is 0 Å². The SMILES string of the molecule is CCCNCc1ccc(OC(C)C(=O)NCC(C)C)cc1. The van der Waals surface area contributed by atoms with Crippen LogP contribution < -0.4 is 15.4 Å². The number of hydrogen-bond donors (Lipinski definition) is 2. The average molecular weight is 292 g/mol. The molecule has 4 nitrogen and oxygen atoms in total. The highest BCUT2D eigenvalue weighted by Gasteiger charge is 2.14. The molecular formula is C17H28N2O2. The van der Waals surface area contributed by atoms with Gasteiger partial charge >= 0.3 is 0 Å². The molecule has 0 aromatic heterocycles. The zero-order valence-electron chi connectivity index (χ0n) is 13.6. The van der Waals surface area contributed by atoms with Gasteiger partial charge in [-0.3, -0.25) is 4.79 Å². The fraction of sp³-hybridized carbons (Fsp3) is 0.588. The highest BCUT2D eigenvalue weighted by molar-refractivity contribution is 5.80. The second kappa shape index (κ2) is 9.40. The molecule has 0 saturated heterocycles. The molecule has 2 N–H and O–H groups in total. The van der Waals surface area contributed by atoms with E-state index in [1.807, 2.05) is 24.3 Å². The Kier molecular flexibility index (Phi) is 7.83. The highest BCUT2D eigenvalue weighted by atomic mass is 16.5. The van der Waals surface area contributed by atoms with E-state index in [1.54, 1.807) is 6.92 Å². The summed E-state index contributed by atoms with van der Waals surface area (Å²) in [6.07, 6.45) is 0.650. The van der Waals surface area contributed by atoms with Crippen LogP contribution in [-0.4, -0.2) is 25.1 Å². The van der Waals surface area contributed by atoms with E-state index in [1.165, 1.54) is 5.56 Å². The van der Waals surface area contributed by atoms with Gasteiger partial charge in [0.2, 0.25) is 0 Å². The number of amides is 1. The van der Waals surface area contributed by atoms with Gasteiger partial charge in [-0.2, -0.15) is 0 Å². The van der Waals surface area contributed by atoms with Gasteiger partial charge in [-0.1, -0.05) is 32.9 Å². The molecule has 118 valence electrons. The first kappa shape index (κ1) is 17.5. The molecule has 1 atom stereocenters. The van der Waals surface area contributed by atoms with Crippen LogP contribution in [0.3, 0.4) is 0 Å². The topological polar surface area (TPSA) is 50.4 Å². The van der Waals surface area contributed by atoms with E-state index >= 15 is 0 Å². The number of rotatable bonds is 9. The van der Waals surface area contributed by atoms with Crippen molar-refractivity contribution < 1.29 is 9.53 Å². The smallest absolute Gasteiger partial charge is 0.260 e. The molecule has 4 heteroatoms. The van der Waals surface area contributed by atoms with Crippen molar-refractivity contribution in [3.63, 3.8) is 0 Å². The minimum atomic E-state index is -0.479. The number of nitrogens with one attached hydrogen (secondary N) is 2. The molecule has 1 unspecified atom stereocenters. The second-order valence-electron chi connectivity index (χ2n) is 5.72. The second-order valence-corrected chi connectivity index (χ2v) is 5.72. The van der Waals surface area contributed by atoms with Crippen molar-refractivity contribution in [3.8, 4) is 5.75 Å². The molecule has 0 spiro atoms. The number of hydrogen-bond acceptors (Lipinski definition) is 3. The van der Waals surface area contributed by atoms with Gasteiger partial charge in [0.25, 0.3) is 5.91 Å². The van der Waals surface area contributed by atoms with Crippen LogP contribution in [0.4, 0.5) is 0 Å². The van der Waals surface area contributed by atoms with Crippen LogP contribution in [-0.2, 0) is 11.3 Å². The quantitative estimate of drug-likeness (QED) is 0.688. The van der Waals surface area contributed by atoms with Crippen LogP contribution >= 0.6 is 0 Å². The molecular weight excluding hydrogens is 264 g/mol. The monoisotopic (exact) mass is 292 g/mol. The Bertz CT molecular complexity index is 415. The van der Waals surface area contributed by atoms with E-state index in [0.29, 0.717) is 12.5 Å². The fourth-order valence-electron chi connectivity index (χ4n) is 1.80. The molecule has 0 radical (unpaired) electrons. The van der Waals surface area contributed by atoms with E-state index in [0.717, 1.165) is 25.3 Å². The van der Waals surface area contributed by atoms with E-state index in [9.17, 15) is 4.79 Å². The lowest BCUT2D eigenvalue weighted by molar-refractivity contribution is -0.127. The van der Waals surface area contributed by atoms with Crippen molar-refractivity contribution in [1.82, 2.24) is 10.6 Å². The predicted octanol–water partition coefficient (Wildman–Crippen LogP) is 2.73. The Balaban J connectivity index is 2.41. The van der Waals surface area contributed by atoms with Gasteiger partial charge < -0.3 is 15.4 Å². The fourth-order valence-corrected chi connectivity index (χ4v) is 1.80. The molecule has 0 fully saturated rings. The van der Waals surface area contributed by atoms with Crippen LogP contribution in [0, 0.1) is 5.92 Å². The molecule has 0 aliphatic rings. The Morgan fingerprint density at radius 3 is 2.43 bits per heavy atom. The number of carbonyl (C=O) groups is 1. The van der Waals surface area contributed by atoms with Crippen LogP contribution in [0.5, 0.6) is 5.75 Å². The van der Waals surface area contributed by atoms with Gasteiger partial charge in [0, 0.05) is 13.1 Å². The van der Waals surface area contributed by atoms with E-state index in [4.69, 9.17) is 4.74 Å². The third-order valence-electron chi connectivity index (χ3n) is 3.05. The summed E-state index contributed by atoms with van der Waals surface area (Å²) in [5, 5.41) is 6.23. The lowest BCUT2D eigenvalue weighted by Crippen LogP contribution is -2.38. The summed E-state index contributed by atoms with van der Waals surface area (Å²) in [5.41, 5.74) is 1.22. The summed E-state index contributed by atoms with van der Waals surface area (Å²) in [5.74, 6) is 1.09. The standard InChI is InChI=1S/C17H28N2O2/c1-5-10-18-12-15-6-8-16(9-7-15)21-14(4)17(20)19-11-13(2)3/h6-9,13-14,18H,5,10-12H2,1-4H3,(H,19,20). The summed E-state index contributed by atoms with van der Waals surface area (Å²) in [4.78, 5) is 11.8. The van der Waals surface area contributed by atoms with Crippen LogP contribution in [0.2, 0.25) is 0 Å². The minimum absolute atomic E-state index is 0.0719. The minimum Gasteiger partial charge on any atom is -0.481 e. The number of carbonyl (C=O) groups excluding carboxylic acids is 1. The van der Waals surface area contributed by atoms with Crippen molar-refractivity contribution in [3.05, 3.63) is 29.8 Å². The van der Waals surface area contributed by atoms with Crippen molar-refractivity contribution >= 4 is 5.91 Å². The van der Waals surface area contributed by atoms with Gasteiger partial charge in [-0.15, -0.1) is 0 Å². The Labute approximate surface area is 128 Å². The summed E-state index contributed by atoms with van der Waals surface area (Å²) < 4.78 is 5.66. The van der Waals surface area contributed by atoms with Crippen LogP contribution in [0.15, 0.2) is 24.3 Å². The van der Waals surface area contributed by atoms with Crippen molar-refractivity contribution in [2.45, 2.75) is 46.8 Å². The first-order valence-electron chi connectivity index (χ1n) is 7.77. The zero-order chi connectivity index (χ0) is 15.7. The Morgan fingerprint density at radius 2 is 1.86 bits per heavy atom. The van der Waals surface area contributed by atoms with Crippen molar-refractivity contribution in [1.29, 1.82) is 0 Å². The van der Waals surface area contributed by atoms with Crippen LogP contribution in [0.1, 0.15) is 39.7 Å². The maximum absolute atomic E-state index is 11.8. The molecule has 1 amide bonds. The van der Waals surface area contributed by atoms with Crippen molar-refractivity contribution in [2.24, 2.45) is 5.92 Å². The first-order chi connectivity index (χ1) is 10.0. The third kappa shape index (κ3) is 7.14. The van der Waals surface area contributed by atoms with Gasteiger partial charge in [0.05, 0.1) is 0 Å². The molecule has 0 aliphatic carbocycles. The molecule has 0 bridgehead atoms. The lowest BCUT2D eigenvalue weighted by atomic mass is 10.2. The molecule has 1 aromatic carbocycles. The van der Waals surface area contributed by atoms with Gasteiger partial charge in [0.15, 0.2) is 6.10 Å². The average Bonchev–Trinajstić information content (AvgIpc) is 2.46. The summed E-state index contributed by atoms with van der Waals surface area (Å²) in [6.45, 7) is 10.6. The predicted molar refractivity (Wildman–Crippen MR) is 86.4 cm³/mol. The molecule has 1 aromatic rings. The maximum Gasteiger partial charge on any atom is 0.260 e. The van der Waals surface area contributed by atoms with Gasteiger partial charge in [-0.25, -0.2) is 0 Å². The summed E-state index contributed by atoms with van der Waals surface area (Å²) in [6, 6.07) is 7.87. The van der Waals surface area contributed by atoms with E-state index in [2.05, 4.69) is 31.4 Å². The Morgan fingerprint density at radius 1 is 1.19 bits per heavy atom. The van der Waals surface area contributed by atoms with E-state index in [-0.39, 0.29) is 5.91 Å². The van der Waals surface area contributed by atoms with E-state index < -0.39 is 6.10 Å². The molecule has 21 heavy (non-hydrogen) atoms. The third-order valence-corrected chi connectivity index (χ3v) is 3.05. The highest BCUT2D eigenvalue weighted by Crippen LogP contribution is 2.14. The number of benzene rings is 1. The molecule has 0 heterocycles. The Hall–Kier alpha value is -1.55. The largest absolute Gasteiger partial charge is 0.481 e. The molecule has 0 aliphatic heterocycles. The summed E-state index contributed by atoms with van der Waals surface area (Å²) >= 11 is 0. The van der Waals surface area contributed by atoms with Crippen molar-refractivity contribution in [2.75, 3.05) is 13.1 Å². The summed E-state index contributed by atoms with van der Waals surface area (Å²) in [7, 11) is 0. The zero-order valence-corrected chi connectivity index (χ0v) is 13.6. The molecule has 0 saturated carbocycles. The normalized spacial score (nSPS) is 12.2. The lowest BCUT2D eigenvalue weighted by Gasteiger charge is -2.16. The van der Waals surface area contributed by atoms with Gasteiger partial charge in [-0.05, 0) is 43.5 Å². The molecule has 1 rings (SSSR count). The maximum atomic E-state index is 11.8. The first-order valence-corrected chi connectivity index (χ1v) is 7.77. The number of ether oxygens (including phenoxy) is 1.